The third-order valence-corrected chi connectivity index (χ3v) is 3.24. The predicted molar refractivity (Wildman–Crippen MR) is 79.5 cm³/mol. The van der Waals surface area contributed by atoms with Gasteiger partial charge in [-0.15, -0.1) is 0 Å². The van der Waals surface area contributed by atoms with E-state index in [1.54, 1.807) is 25.3 Å². The fourth-order valence-corrected chi connectivity index (χ4v) is 2.13. The Hall–Kier alpha value is -1.95. The molecule has 1 N–H and O–H groups in total. The van der Waals surface area contributed by atoms with E-state index in [9.17, 15) is 4.79 Å². The molecule has 5 nitrogen and oxygen atoms in total. The number of nitrogens with zero attached hydrogens (tertiary/aromatic N) is 2. The summed E-state index contributed by atoms with van der Waals surface area (Å²) in [5, 5.41) is 3.24. The van der Waals surface area contributed by atoms with Gasteiger partial charge in [0.15, 0.2) is 0 Å². The molecule has 0 bridgehead atoms. The minimum Gasteiger partial charge on any atom is -0.462 e. The second kappa shape index (κ2) is 7.00. The lowest BCUT2D eigenvalue weighted by Crippen LogP contribution is -2.06. The van der Waals surface area contributed by atoms with Crippen molar-refractivity contribution in [3.05, 3.63) is 52.5 Å². The van der Waals surface area contributed by atoms with Crippen molar-refractivity contribution in [1.82, 2.24) is 9.97 Å². The van der Waals surface area contributed by atoms with Crippen molar-refractivity contribution in [2.45, 2.75) is 13.5 Å². The third kappa shape index (κ3) is 3.77. The summed E-state index contributed by atoms with van der Waals surface area (Å²) in [4.78, 5) is 19.6. The van der Waals surface area contributed by atoms with Crippen LogP contribution in [-0.4, -0.2) is 22.5 Å². The van der Waals surface area contributed by atoms with Gasteiger partial charge in [-0.3, -0.25) is 0 Å². The summed E-state index contributed by atoms with van der Waals surface area (Å²) in [6.45, 7) is 2.73. The Morgan fingerprint density at radius 3 is 2.90 bits per heavy atom. The summed E-state index contributed by atoms with van der Waals surface area (Å²) >= 11 is 3.44. The van der Waals surface area contributed by atoms with E-state index in [4.69, 9.17) is 4.74 Å². The summed E-state index contributed by atoms with van der Waals surface area (Å²) in [5.74, 6) is -0.324. The first-order valence-electron chi connectivity index (χ1n) is 6.16. The highest BCUT2D eigenvalue weighted by Gasteiger charge is 2.09. The van der Waals surface area contributed by atoms with Crippen molar-refractivity contribution >= 4 is 27.6 Å². The van der Waals surface area contributed by atoms with E-state index in [-0.39, 0.29) is 5.97 Å². The van der Waals surface area contributed by atoms with Gasteiger partial charge in [-0.2, -0.15) is 0 Å². The lowest BCUT2D eigenvalue weighted by atomic mass is 10.2. The van der Waals surface area contributed by atoms with Crippen LogP contribution in [-0.2, 0) is 11.3 Å². The van der Waals surface area contributed by atoms with Gasteiger partial charge in [0.1, 0.15) is 6.33 Å². The van der Waals surface area contributed by atoms with Crippen molar-refractivity contribution in [1.29, 1.82) is 0 Å². The van der Waals surface area contributed by atoms with Crippen LogP contribution in [0, 0.1) is 0 Å². The maximum atomic E-state index is 11.6. The molecule has 0 radical (unpaired) electrons. The van der Waals surface area contributed by atoms with Crippen molar-refractivity contribution in [3.63, 3.8) is 0 Å². The number of hydrogen-bond donors (Lipinski definition) is 1. The smallest absolute Gasteiger partial charge is 0.338 e. The minimum absolute atomic E-state index is 0.324. The van der Waals surface area contributed by atoms with Gasteiger partial charge in [0.2, 0.25) is 0 Å². The Labute approximate surface area is 125 Å². The second-order valence-corrected chi connectivity index (χ2v) is 4.82. The number of carbonyl (C=O) groups excluding carboxylic acids is 1. The molecule has 0 aliphatic rings. The number of nitrogens with one attached hydrogen (secondary N) is 1. The number of benzene rings is 1. The van der Waals surface area contributed by atoms with Crippen molar-refractivity contribution in [2.24, 2.45) is 0 Å². The van der Waals surface area contributed by atoms with E-state index in [0.717, 1.165) is 15.9 Å². The molecule has 0 aliphatic carbocycles. The number of anilines is 1. The second-order valence-electron chi connectivity index (χ2n) is 3.97. The van der Waals surface area contributed by atoms with Crippen molar-refractivity contribution in [2.75, 3.05) is 11.9 Å². The molecule has 0 aliphatic heterocycles. The van der Waals surface area contributed by atoms with Crippen LogP contribution in [0.4, 0.5) is 5.69 Å². The fraction of sp³-hybridized carbons (Fsp3) is 0.214. The highest BCUT2D eigenvalue weighted by Crippen LogP contribution is 2.24. The van der Waals surface area contributed by atoms with Crippen LogP contribution in [0.1, 0.15) is 23.0 Å². The van der Waals surface area contributed by atoms with E-state index in [1.807, 2.05) is 12.1 Å². The van der Waals surface area contributed by atoms with Gasteiger partial charge in [0.25, 0.3) is 0 Å². The monoisotopic (exact) mass is 335 g/mol. The Kier molecular flexibility index (Phi) is 5.06. The Bertz CT molecular complexity index is 590. The third-order valence-electron chi connectivity index (χ3n) is 2.58. The number of carbonyl (C=O) groups is 1. The molecule has 2 rings (SSSR count). The average molecular weight is 336 g/mol. The van der Waals surface area contributed by atoms with E-state index >= 15 is 0 Å². The zero-order chi connectivity index (χ0) is 14.4. The minimum atomic E-state index is -0.324. The fourth-order valence-electron chi connectivity index (χ4n) is 1.61. The van der Waals surface area contributed by atoms with E-state index in [2.05, 4.69) is 31.2 Å². The number of ether oxygens (including phenoxy) is 1. The maximum Gasteiger partial charge on any atom is 0.338 e. The highest BCUT2D eigenvalue weighted by atomic mass is 79.9. The van der Waals surface area contributed by atoms with Crippen LogP contribution in [0.15, 0.2) is 41.3 Å². The first-order chi connectivity index (χ1) is 9.70. The Morgan fingerprint density at radius 2 is 2.25 bits per heavy atom. The molecular weight excluding hydrogens is 322 g/mol. The molecule has 0 saturated heterocycles. The molecule has 0 spiro atoms. The SMILES string of the molecule is CCOC(=O)c1ccc(NCc2ccncn2)c(Br)c1. The molecule has 1 aromatic carbocycles. The molecule has 0 atom stereocenters. The van der Waals surface area contributed by atoms with Gasteiger partial charge < -0.3 is 10.1 Å². The first kappa shape index (κ1) is 14.5. The van der Waals surface area contributed by atoms with Crippen molar-refractivity contribution < 1.29 is 9.53 Å². The molecule has 0 unspecified atom stereocenters. The van der Waals surface area contributed by atoms with Crippen LogP contribution in [0.25, 0.3) is 0 Å². The van der Waals surface area contributed by atoms with E-state index in [0.29, 0.717) is 18.7 Å². The molecule has 2 aromatic rings. The Balaban J connectivity index is 2.04. The Morgan fingerprint density at radius 1 is 1.40 bits per heavy atom. The van der Waals surface area contributed by atoms with Gasteiger partial charge in [-0.25, -0.2) is 14.8 Å². The number of halogens is 1. The molecule has 104 valence electrons. The normalized spacial score (nSPS) is 10.1. The molecule has 6 heteroatoms. The predicted octanol–water partition coefficient (Wildman–Crippen LogP) is 3.03. The van der Waals surface area contributed by atoms with Crippen molar-refractivity contribution in [3.8, 4) is 0 Å². The maximum absolute atomic E-state index is 11.6. The standard InChI is InChI=1S/C14H14BrN3O2/c1-2-20-14(19)10-3-4-13(12(15)7-10)17-8-11-5-6-16-9-18-11/h3-7,9,17H,2,8H2,1H3. The molecule has 20 heavy (non-hydrogen) atoms. The summed E-state index contributed by atoms with van der Waals surface area (Å²) < 4.78 is 5.76. The zero-order valence-electron chi connectivity index (χ0n) is 11.0. The van der Waals surface area contributed by atoms with Gasteiger partial charge in [0.05, 0.1) is 24.4 Å². The molecule has 0 fully saturated rings. The number of hydrogen-bond acceptors (Lipinski definition) is 5. The van der Waals surface area contributed by atoms with Crippen LogP contribution < -0.4 is 5.32 Å². The molecule has 0 saturated carbocycles. The number of esters is 1. The number of aromatic nitrogens is 2. The van der Waals surface area contributed by atoms with Gasteiger partial charge >= 0.3 is 5.97 Å². The van der Waals surface area contributed by atoms with Gasteiger partial charge in [-0.05, 0) is 47.1 Å². The summed E-state index contributed by atoms with van der Waals surface area (Å²) in [6.07, 6.45) is 3.21. The molecule has 0 amide bonds. The zero-order valence-corrected chi connectivity index (χ0v) is 12.6. The van der Waals surface area contributed by atoms with E-state index in [1.165, 1.54) is 6.33 Å². The summed E-state index contributed by atoms with van der Waals surface area (Å²) in [5.41, 5.74) is 2.30. The lowest BCUT2D eigenvalue weighted by molar-refractivity contribution is 0.0526. The van der Waals surface area contributed by atoms with Crippen LogP contribution >= 0.6 is 15.9 Å². The van der Waals surface area contributed by atoms with Gasteiger partial charge in [0, 0.05) is 16.4 Å². The molecule has 1 aromatic heterocycles. The van der Waals surface area contributed by atoms with Crippen LogP contribution in [0.2, 0.25) is 0 Å². The first-order valence-corrected chi connectivity index (χ1v) is 6.95. The number of rotatable bonds is 5. The summed E-state index contributed by atoms with van der Waals surface area (Å²) in [7, 11) is 0. The molecule has 1 heterocycles. The average Bonchev–Trinajstić information content (AvgIpc) is 2.47. The highest BCUT2D eigenvalue weighted by molar-refractivity contribution is 9.10. The topological polar surface area (TPSA) is 64.1 Å². The quantitative estimate of drug-likeness (QED) is 0.851. The largest absolute Gasteiger partial charge is 0.462 e. The molecular formula is C14H14BrN3O2. The van der Waals surface area contributed by atoms with Gasteiger partial charge in [-0.1, -0.05) is 0 Å². The lowest BCUT2D eigenvalue weighted by Gasteiger charge is -2.09. The van der Waals surface area contributed by atoms with Crippen LogP contribution in [0.5, 0.6) is 0 Å². The van der Waals surface area contributed by atoms with Crippen LogP contribution in [0.3, 0.4) is 0 Å². The van der Waals surface area contributed by atoms with E-state index < -0.39 is 0 Å². The summed E-state index contributed by atoms with van der Waals surface area (Å²) in [6, 6.07) is 7.14.